The molecule has 13 heavy (non-hydrogen) atoms. The molecular weight excluding hydrogens is 178 g/mol. The molecule has 5 heteroatoms. The molecule has 76 valence electrons. The molecular formula is C8H14F2N2O. The molecule has 1 aliphatic heterocycles. The Bertz CT molecular complexity index is 187. The molecule has 1 aliphatic rings. The zero-order chi connectivity index (χ0) is 9.84. The molecule has 1 saturated heterocycles. The Morgan fingerprint density at radius 3 is 2.92 bits per heavy atom. The summed E-state index contributed by atoms with van der Waals surface area (Å²) in [7, 11) is 1.51. The van der Waals surface area contributed by atoms with E-state index in [0.717, 1.165) is 6.42 Å². The predicted molar refractivity (Wildman–Crippen MR) is 44.7 cm³/mol. The fraction of sp³-hybridized carbons (Fsp3) is 0.875. The van der Waals surface area contributed by atoms with Gasteiger partial charge in [-0.25, -0.2) is 8.78 Å². The fourth-order valence-electron chi connectivity index (χ4n) is 1.60. The van der Waals surface area contributed by atoms with Crippen LogP contribution in [-0.4, -0.2) is 43.4 Å². The molecule has 3 nitrogen and oxygen atoms in total. The van der Waals surface area contributed by atoms with Gasteiger partial charge in [-0.1, -0.05) is 0 Å². The minimum absolute atomic E-state index is 0.0888. The van der Waals surface area contributed by atoms with E-state index in [4.69, 9.17) is 0 Å². The van der Waals surface area contributed by atoms with Crippen LogP contribution in [0.5, 0.6) is 0 Å². The van der Waals surface area contributed by atoms with Crippen LogP contribution in [0.3, 0.4) is 0 Å². The van der Waals surface area contributed by atoms with Gasteiger partial charge in [-0.15, -0.1) is 0 Å². The van der Waals surface area contributed by atoms with E-state index < -0.39 is 12.5 Å². The van der Waals surface area contributed by atoms with Crippen LogP contribution in [0.25, 0.3) is 0 Å². The second-order valence-corrected chi connectivity index (χ2v) is 3.19. The van der Waals surface area contributed by atoms with Crippen molar-refractivity contribution in [1.82, 2.24) is 10.2 Å². The number of carbonyl (C=O) groups excluding carboxylic acids is 1. The van der Waals surface area contributed by atoms with Crippen molar-refractivity contribution in [3.63, 3.8) is 0 Å². The molecule has 1 fully saturated rings. The van der Waals surface area contributed by atoms with Gasteiger partial charge < -0.3 is 5.32 Å². The molecule has 1 atom stereocenters. The molecule has 1 rings (SSSR count). The van der Waals surface area contributed by atoms with Gasteiger partial charge in [0.1, 0.15) is 0 Å². The fourth-order valence-corrected chi connectivity index (χ4v) is 1.60. The Kier molecular flexibility index (Phi) is 3.59. The van der Waals surface area contributed by atoms with E-state index in [1.54, 1.807) is 4.90 Å². The van der Waals surface area contributed by atoms with Gasteiger partial charge in [-0.2, -0.15) is 0 Å². The summed E-state index contributed by atoms with van der Waals surface area (Å²) in [6.45, 7) is 0.688. The topological polar surface area (TPSA) is 32.3 Å². The van der Waals surface area contributed by atoms with Crippen LogP contribution >= 0.6 is 0 Å². The zero-order valence-electron chi connectivity index (χ0n) is 7.59. The molecule has 0 aromatic rings. The normalized spacial score (nSPS) is 23.8. The molecule has 0 aromatic carbocycles. The molecule has 0 aliphatic carbocycles. The van der Waals surface area contributed by atoms with Crippen molar-refractivity contribution in [3.8, 4) is 0 Å². The van der Waals surface area contributed by atoms with Crippen molar-refractivity contribution < 1.29 is 13.6 Å². The number of nitrogens with one attached hydrogen (secondary N) is 1. The van der Waals surface area contributed by atoms with Crippen LogP contribution in [-0.2, 0) is 4.79 Å². The largest absolute Gasteiger partial charge is 0.358 e. The second-order valence-electron chi connectivity index (χ2n) is 3.19. The number of likely N-dealkylation sites (N-methyl/N-ethyl adjacent to an activating group) is 1. The third-order valence-corrected chi connectivity index (χ3v) is 2.33. The lowest BCUT2D eigenvalue weighted by molar-refractivity contribution is -0.122. The molecule has 1 N–H and O–H groups in total. The highest BCUT2D eigenvalue weighted by Crippen LogP contribution is 2.22. The molecule has 0 unspecified atom stereocenters. The first-order valence-corrected chi connectivity index (χ1v) is 4.38. The van der Waals surface area contributed by atoms with Crippen molar-refractivity contribution >= 4 is 5.91 Å². The highest BCUT2D eigenvalue weighted by Gasteiger charge is 2.32. The molecule has 0 radical (unpaired) electrons. The molecule has 0 spiro atoms. The van der Waals surface area contributed by atoms with E-state index in [-0.39, 0.29) is 12.5 Å². The van der Waals surface area contributed by atoms with Gasteiger partial charge in [0.25, 0.3) is 6.43 Å². The van der Waals surface area contributed by atoms with Gasteiger partial charge in [0.15, 0.2) is 0 Å². The van der Waals surface area contributed by atoms with E-state index in [0.29, 0.717) is 13.0 Å². The Balaban J connectivity index is 2.44. The van der Waals surface area contributed by atoms with Gasteiger partial charge in [0.2, 0.25) is 5.91 Å². The van der Waals surface area contributed by atoms with Crippen LogP contribution in [0, 0.1) is 0 Å². The number of hydrogen-bond donors (Lipinski definition) is 1. The highest BCUT2D eigenvalue weighted by atomic mass is 19.3. The van der Waals surface area contributed by atoms with Crippen LogP contribution in [0.1, 0.15) is 12.8 Å². The minimum atomic E-state index is -2.34. The van der Waals surface area contributed by atoms with Crippen LogP contribution in [0.4, 0.5) is 8.78 Å². The molecule has 1 heterocycles. The monoisotopic (exact) mass is 192 g/mol. The number of alkyl halides is 2. The summed E-state index contributed by atoms with van der Waals surface area (Å²) in [5.74, 6) is -0.201. The second kappa shape index (κ2) is 4.50. The summed E-state index contributed by atoms with van der Waals surface area (Å²) >= 11 is 0. The van der Waals surface area contributed by atoms with Crippen LogP contribution < -0.4 is 5.32 Å². The van der Waals surface area contributed by atoms with Crippen molar-refractivity contribution in [2.24, 2.45) is 0 Å². The maximum atomic E-state index is 12.4. The number of hydrogen-bond acceptors (Lipinski definition) is 2. The summed E-state index contributed by atoms with van der Waals surface area (Å²) in [5.41, 5.74) is 0. The number of halogens is 2. The van der Waals surface area contributed by atoms with Crippen molar-refractivity contribution in [2.75, 3.05) is 20.1 Å². The van der Waals surface area contributed by atoms with Crippen molar-refractivity contribution in [1.29, 1.82) is 0 Å². The maximum absolute atomic E-state index is 12.4. The Hall–Kier alpha value is -0.710. The van der Waals surface area contributed by atoms with Gasteiger partial charge in [-0.05, 0) is 19.4 Å². The third-order valence-electron chi connectivity index (χ3n) is 2.33. The molecule has 0 aromatic heterocycles. The lowest BCUT2D eigenvalue weighted by Crippen LogP contribution is -2.41. The summed E-state index contributed by atoms with van der Waals surface area (Å²) < 4.78 is 24.7. The number of amides is 1. The zero-order valence-corrected chi connectivity index (χ0v) is 7.59. The van der Waals surface area contributed by atoms with E-state index in [2.05, 4.69) is 5.32 Å². The van der Waals surface area contributed by atoms with E-state index >= 15 is 0 Å². The van der Waals surface area contributed by atoms with Gasteiger partial charge in [0.05, 0.1) is 12.6 Å². The van der Waals surface area contributed by atoms with Gasteiger partial charge >= 0.3 is 0 Å². The van der Waals surface area contributed by atoms with Crippen molar-refractivity contribution in [2.45, 2.75) is 25.3 Å². The summed E-state index contributed by atoms with van der Waals surface area (Å²) in [5, 5.41) is 2.43. The summed E-state index contributed by atoms with van der Waals surface area (Å²) in [6, 6.07) is -0.725. The average Bonchev–Trinajstić information content (AvgIpc) is 2.52. The van der Waals surface area contributed by atoms with Crippen LogP contribution in [0.2, 0.25) is 0 Å². The van der Waals surface area contributed by atoms with E-state index in [9.17, 15) is 13.6 Å². The first kappa shape index (κ1) is 10.4. The Morgan fingerprint density at radius 2 is 2.38 bits per heavy atom. The number of carbonyl (C=O) groups is 1. The number of likely N-dealkylation sites (tertiary alicyclic amines) is 1. The lowest BCUT2D eigenvalue weighted by atomic mass is 10.2. The Labute approximate surface area is 76.1 Å². The van der Waals surface area contributed by atoms with E-state index in [1.165, 1.54) is 7.05 Å². The van der Waals surface area contributed by atoms with Crippen molar-refractivity contribution in [3.05, 3.63) is 0 Å². The number of nitrogens with zero attached hydrogens (tertiary/aromatic N) is 1. The van der Waals surface area contributed by atoms with E-state index in [1.807, 2.05) is 0 Å². The minimum Gasteiger partial charge on any atom is -0.358 e. The first-order chi connectivity index (χ1) is 6.15. The quantitative estimate of drug-likeness (QED) is 0.704. The smallest absolute Gasteiger partial charge is 0.253 e. The standard InChI is InChI=1S/C8H14F2N2O/c1-11-7(13)5-12-4-2-3-6(12)8(9)10/h6,8H,2-5H2,1H3,(H,11,13)/t6-/m0/s1. The lowest BCUT2D eigenvalue weighted by Gasteiger charge is -2.22. The maximum Gasteiger partial charge on any atom is 0.253 e. The molecule has 0 saturated carbocycles. The Morgan fingerprint density at radius 1 is 1.69 bits per heavy atom. The summed E-state index contributed by atoms with van der Waals surface area (Å²) in [4.78, 5) is 12.5. The third kappa shape index (κ3) is 2.62. The average molecular weight is 192 g/mol. The highest BCUT2D eigenvalue weighted by molar-refractivity contribution is 5.77. The molecule has 0 bridgehead atoms. The van der Waals surface area contributed by atoms with Gasteiger partial charge in [-0.3, -0.25) is 9.69 Å². The first-order valence-electron chi connectivity index (χ1n) is 4.38. The predicted octanol–water partition coefficient (Wildman–Crippen LogP) is 0.462. The SMILES string of the molecule is CNC(=O)CN1CCC[C@H]1C(F)F. The number of rotatable bonds is 3. The summed E-state index contributed by atoms with van der Waals surface area (Å²) in [6.07, 6.45) is -1.09. The van der Waals surface area contributed by atoms with Crippen LogP contribution in [0.15, 0.2) is 0 Å². The molecule has 1 amide bonds. The van der Waals surface area contributed by atoms with Gasteiger partial charge in [0, 0.05) is 7.05 Å².